The van der Waals surface area contributed by atoms with Crippen molar-refractivity contribution in [1.29, 1.82) is 0 Å². The number of hydrogen-bond donors (Lipinski definition) is 4. The second-order valence-electron chi connectivity index (χ2n) is 5.77. The minimum Gasteiger partial charge on any atom is -0.387 e. The van der Waals surface area contributed by atoms with Crippen molar-refractivity contribution in [3.63, 3.8) is 0 Å². The minimum atomic E-state index is -1.77. The molecule has 1 aliphatic carbocycles. The van der Waals surface area contributed by atoms with Crippen molar-refractivity contribution in [2.24, 2.45) is 0 Å². The Morgan fingerprint density at radius 2 is 2.00 bits per heavy atom. The highest BCUT2D eigenvalue weighted by Crippen LogP contribution is 2.54. The summed E-state index contributed by atoms with van der Waals surface area (Å²) in [7, 11) is 0. The first-order valence-electron chi connectivity index (χ1n) is 6.57. The van der Waals surface area contributed by atoms with E-state index < -0.39 is 53.6 Å². The summed E-state index contributed by atoms with van der Waals surface area (Å²) >= 11 is 0. The molecule has 3 fully saturated rings. The topological polar surface area (TPSA) is 134 Å². The maximum absolute atomic E-state index is 11.9. The molecule has 0 aromatic carbocycles. The molecule has 2 aliphatic heterocycles. The number of aromatic amines is 1. The minimum absolute atomic E-state index is 0.292. The Morgan fingerprint density at radius 3 is 2.62 bits per heavy atom. The highest BCUT2D eigenvalue weighted by Gasteiger charge is 2.77. The number of aliphatic hydroxyl groups is 3. The van der Waals surface area contributed by atoms with Crippen molar-refractivity contribution in [2.75, 3.05) is 0 Å². The van der Waals surface area contributed by atoms with Gasteiger partial charge in [0.1, 0.15) is 30.5 Å². The Morgan fingerprint density at radius 1 is 1.29 bits per heavy atom. The van der Waals surface area contributed by atoms with Crippen LogP contribution in [0.3, 0.4) is 0 Å². The molecular formula is C12H14N2O7. The number of nitrogens with zero attached hydrogens (tertiary/aromatic N) is 1. The third-order valence-electron chi connectivity index (χ3n) is 4.61. The summed E-state index contributed by atoms with van der Waals surface area (Å²) in [4.78, 5) is 25.5. The number of ether oxygens (including phenoxy) is 2. The van der Waals surface area contributed by atoms with Gasteiger partial charge in [-0.25, -0.2) is 4.79 Å². The Bertz CT molecular complexity index is 727. The second kappa shape index (κ2) is 3.81. The Hall–Kier alpha value is -1.52. The van der Waals surface area contributed by atoms with Gasteiger partial charge >= 0.3 is 5.69 Å². The second-order valence-corrected chi connectivity index (χ2v) is 5.77. The molecule has 4 N–H and O–H groups in total. The SMILES string of the molecule is Cc1cn([C@@H]2O[C@@H]3[C@@H](O)[C@H]4O[C@H]2[C@@]3(O)[C@@H]4O)c(=O)[nH]c1=O. The quantitative estimate of drug-likeness (QED) is 0.433. The maximum atomic E-state index is 11.9. The van der Waals surface area contributed by atoms with Gasteiger partial charge in [-0.05, 0) is 6.92 Å². The highest BCUT2D eigenvalue weighted by molar-refractivity contribution is 5.24. The average molecular weight is 298 g/mol. The van der Waals surface area contributed by atoms with Gasteiger partial charge in [-0.2, -0.15) is 0 Å². The van der Waals surface area contributed by atoms with E-state index in [1.165, 1.54) is 13.1 Å². The standard InChI is InChI=1S/C12H14N2O7/c1-3-2-14(11(18)13-9(3)17)10-8-12(19)6(16)5(20-8)4(15)7(12)21-10/h2,4-8,10,15-16,19H,1H3,(H,13,17,18)/t4-,5+,6+,7+,8+,10+,12+/m0/s1. The first-order valence-corrected chi connectivity index (χ1v) is 6.57. The van der Waals surface area contributed by atoms with E-state index in [1.54, 1.807) is 0 Å². The summed E-state index contributed by atoms with van der Waals surface area (Å²) in [5.41, 5.74) is -2.70. The lowest BCUT2D eigenvalue weighted by Crippen LogP contribution is -2.52. The van der Waals surface area contributed by atoms with Crippen molar-refractivity contribution < 1.29 is 24.8 Å². The van der Waals surface area contributed by atoms with Crippen molar-refractivity contribution in [1.82, 2.24) is 9.55 Å². The van der Waals surface area contributed by atoms with Gasteiger partial charge in [-0.3, -0.25) is 14.3 Å². The summed E-state index contributed by atoms with van der Waals surface area (Å²) in [6.45, 7) is 1.52. The molecule has 0 unspecified atom stereocenters. The molecule has 1 saturated carbocycles. The van der Waals surface area contributed by atoms with Gasteiger partial charge < -0.3 is 24.8 Å². The van der Waals surface area contributed by atoms with Crippen LogP contribution in [0.15, 0.2) is 15.8 Å². The van der Waals surface area contributed by atoms with Crippen molar-refractivity contribution >= 4 is 0 Å². The molecule has 9 heteroatoms. The molecule has 0 radical (unpaired) electrons. The number of fused-ring (bicyclic) bond motifs is 1. The molecule has 114 valence electrons. The molecule has 21 heavy (non-hydrogen) atoms. The zero-order valence-corrected chi connectivity index (χ0v) is 11.0. The number of aromatic nitrogens is 2. The third kappa shape index (κ3) is 1.37. The van der Waals surface area contributed by atoms with Gasteiger partial charge in [-0.15, -0.1) is 0 Å². The normalized spacial score (nSPS) is 47.2. The number of H-pyrrole nitrogens is 1. The van der Waals surface area contributed by atoms with Crippen LogP contribution >= 0.6 is 0 Å². The van der Waals surface area contributed by atoms with E-state index in [9.17, 15) is 24.9 Å². The van der Waals surface area contributed by atoms with Gasteiger partial charge in [0.15, 0.2) is 11.8 Å². The molecule has 1 aromatic heterocycles. The van der Waals surface area contributed by atoms with Crippen LogP contribution in [-0.2, 0) is 9.47 Å². The van der Waals surface area contributed by atoms with Crippen molar-refractivity contribution in [3.8, 4) is 0 Å². The molecule has 3 aliphatic rings. The molecule has 1 aromatic rings. The van der Waals surface area contributed by atoms with Crippen LogP contribution in [-0.4, -0.2) is 61.0 Å². The summed E-state index contributed by atoms with van der Waals surface area (Å²) in [6.07, 6.45) is -5.17. The maximum Gasteiger partial charge on any atom is 0.330 e. The number of rotatable bonds is 1. The van der Waals surface area contributed by atoms with Crippen LogP contribution in [0.5, 0.6) is 0 Å². The summed E-state index contributed by atoms with van der Waals surface area (Å²) in [5.74, 6) is 0. The molecule has 7 atom stereocenters. The number of aliphatic hydroxyl groups excluding tert-OH is 2. The first kappa shape index (κ1) is 13.2. The van der Waals surface area contributed by atoms with E-state index in [0.717, 1.165) is 4.57 Å². The monoisotopic (exact) mass is 298 g/mol. The van der Waals surface area contributed by atoms with Crippen molar-refractivity contribution in [2.45, 2.75) is 49.3 Å². The van der Waals surface area contributed by atoms with Crippen molar-refractivity contribution in [3.05, 3.63) is 32.6 Å². The number of aryl methyl sites for hydroxylation is 1. The van der Waals surface area contributed by atoms with E-state index in [-0.39, 0.29) is 0 Å². The summed E-state index contributed by atoms with van der Waals surface area (Å²) in [5, 5.41) is 30.5. The Balaban J connectivity index is 1.82. The lowest BCUT2D eigenvalue weighted by molar-refractivity contribution is -0.133. The van der Waals surface area contributed by atoms with E-state index in [4.69, 9.17) is 9.47 Å². The van der Waals surface area contributed by atoms with Gasteiger partial charge in [0, 0.05) is 11.8 Å². The zero-order chi connectivity index (χ0) is 15.1. The van der Waals surface area contributed by atoms with E-state index in [1.807, 2.05) is 0 Å². The molecule has 0 spiro atoms. The lowest BCUT2D eigenvalue weighted by Gasteiger charge is -2.28. The van der Waals surface area contributed by atoms with Crippen LogP contribution in [0.1, 0.15) is 11.8 Å². The van der Waals surface area contributed by atoms with Gasteiger partial charge in [-0.1, -0.05) is 0 Å². The van der Waals surface area contributed by atoms with E-state index in [0.29, 0.717) is 5.56 Å². The van der Waals surface area contributed by atoms with Crippen LogP contribution in [0.25, 0.3) is 0 Å². The third-order valence-corrected chi connectivity index (χ3v) is 4.61. The smallest absolute Gasteiger partial charge is 0.330 e. The predicted octanol–water partition coefficient (Wildman–Crippen LogP) is -3.02. The molecule has 9 nitrogen and oxygen atoms in total. The van der Waals surface area contributed by atoms with Gasteiger partial charge in [0.25, 0.3) is 5.56 Å². The molecule has 0 amide bonds. The molecule has 2 saturated heterocycles. The fourth-order valence-corrected chi connectivity index (χ4v) is 3.52. The van der Waals surface area contributed by atoms with Crippen LogP contribution in [0.2, 0.25) is 0 Å². The van der Waals surface area contributed by atoms with E-state index >= 15 is 0 Å². The molecule has 2 bridgehead atoms. The predicted molar refractivity (Wildman–Crippen MR) is 65.6 cm³/mol. The van der Waals surface area contributed by atoms with Gasteiger partial charge in [0.2, 0.25) is 0 Å². The van der Waals surface area contributed by atoms with E-state index in [2.05, 4.69) is 4.98 Å². The molecular weight excluding hydrogens is 284 g/mol. The van der Waals surface area contributed by atoms with Crippen LogP contribution < -0.4 is 11.2 Å². The number of hydrogen-bond acceptors (Lipinski definition) is 7. The zero-order valence-electron chi connectivity index (χ0n) is 11.0. The number of nitrogens with one attached hydrogen (secondary N) is 1. The fourth-order valence-electron chi connectivity index (χ4n) is 3.52. The fraction of sp³-hybridized carbons (Fsp3) is 0.667. The Kier molecular flexibility index (Phi) is 2.39. The lowest BCUT2D eigenvalue weighted by atomic mass is 9.93. The van der Waals surface area contributed by atoms with Crippen LogP contribution in [0, 0.1) is 6.92 Å². The van der Waals surface area contributed by atoms with Gasteiger partial charge in [0.05, 0.1) is 0 Å². The highest BCUT2D eigenvalue weighted by atomic mass is 16.6. The van der Waals surface area contributed by atoms with Crippen LogP contribution in [0.4, 0.5) is 0 Å². The summed E-state index contributed by atoms with van der Waals surface area (Å²) < 4.78 is 12.1. The first-order chi connectivity index (χ1) is 9.85. The molecule has 3 heterocycles. The Labute approximate surface area is 117 Å². The molecule has 4 rings (SSSR count). The summed E-state index contributed by atoms with van der Waals surface area (Å²) in [6, 6.07) is 0. The average Bonchev–Trinajstić information content (AvgIpc) is 2.85. The largest absolute Gasteiger partial charge is 0.387 e.